The van der Waals surface area contributed by atoms with Crippen LogP contribution in [-0.4, -0.2) is 5.11 Å². The lowest BCUT2D eigenvalue weighted by Gasteiger charge is -1.98. The number of aromatic hydroxyl groups is 1. The molecule has 2 aliphatic carbocycles. The van der Waals surface area contributed by atoms with Gasteiger partial charge in [-0.25, -0.2) is 0 Å². The third-order valence-electron chi connectivity index (χ3n) is 2.64. The number of para-hydroxylation sites is 1. The van der Waals surface area contributed by atoms with Gasteiger partial charge in [-0.3, -0.25) is 0 Å². The van der Waals surface area contributed by atoms with Crippen LogP contribution in [0, 0.1) is 0 Å². The smallest absolute Gasteiger partial charge is 0.115 e. The highest BCUT2D eigenvalue weighted by Crippen LogP contribution is 2.18. The van der Waals surface area contributed by atoms with E-state index in [1.54, 1.807) is 24.3 Å². The summed E-state index contributed by atoms with van der Waals surface area (Å²) in [4.78, 5) is 0. The van der Waals surface area contributed by atoms with Crippen molar-refractivity contribution in [3.05, 3.63) is 102 Å². The predicted molar refractivity (Wildman–Crippen MR) is 80.8 cm³/mol. The minimum Gasteiger partial charge on any atom is -0.508 e. The van der Waals surface area contributed by atoms with E-state index in [1.165, 1.54) is 11.1 Å². The zero-order valence-corrected chi connectivity index (χ0v) is 10.6. The molecule has 0 amide bonds. The van der Waals surface area contributed by atoms with Crippen molar-refractivity contribution in [1.29, 1.82) is 0 Å². The highest BCUT2D eigenvalue weighted by atomic mass is 16.3. The lowest BCUT2D eigenvalue weighted by molar-refractivity contribution is 0.475. The molecule has 1 heteroatoms. The number of hydrogen-bond donors (Lipinski definition) is 1. The Morgan fingerprint density at radius 3 is 1.53 bits per heavy atom. The van der Waals surface area contributed by atoms with Crippen LogP contribution >= 0.6 is 0 Å². The van der Waals surface area contributed by atoms with Crippen molar-refractivity contribution in [1.82, 2.24) is 0 Å². The summed E-state index contributed by atoms with van der Waals surface area (Å²) in [6.07, 6.45) is 20.8. The van der Waals surface area contributed by atoms with Crippen molar-refractivity contribution in [3.8, 4) is 5.75 Å². The van der Waals surface area contributed by atoms with Crippen LogP contribution < -0.4 is 0 Å². The molecule has 1 aromatic rings. The molecule has 0 fully saturated rings. The van der Waals surface area contributed by atoms with Gasteiger partial charge in [-0.15, -0.1) is 0 Å². The molecular weight excluding hydrogens is 232 g/mol. The Kier molecular flexibility index (Phi) is 4.77. The van der Waals surface area contributed by atoms with Crippen LogP contribution in [0.3, 0.4) is 0 Å². The average molecular weight is 248 g/mol. The Balaban J connectivity index is 0.000000163. The second kappa shape index (κ2) is 7.02. The monoisotopic (exact) mass is 248 g/mol. The highest BCUT2D eigenvalue weighted by molar-refractivity contribution is 5.53. The Morgan fingerprint density at radius 2 is 1.11 bits per heavy atom. The first-order chi connectivity index (χ1) is 9.36. The van der Waals surface area contributed by atoms with Crippen LogP contribution in [-0.2, 0) is 0 Å². The van der Waals surface area contributed by atoms with Crippen LogP contribution in [0.5, 0.6) is 5.75 Å². The van der Waals surface area contributed by atoms with Gasteiger partial charge in [-0.05, 0) is 23.3 Å². The van der Waals surface area contributed by atoms with Gasteiger partial charge in [0.2, 0.25) is 0 Å². The average Bonchev–Trinajstić information content (AvgIpc) is 2.77. The molecule has 0 saturated heterocycles. The lowest BCUT2D eigenvalue weighted by atomic mass is 10.1. The summed E-state index contributed by atoms with van der Waals surface area (Å²) in [5.41, 5.74) is 2.54. The molecular formula is C18H16O. The van der Waals surface area contributed by atoms with E-state index in [9.17, 15) is 0 Å². The molecule has 1 N–H and O–H groups in total. The summed E-state index contributed by atoms with van der Waals surface area (Å²) in [7, 11) is 0. The Labute approximate surface area is 113 Å². The highest BCUT2D eigenvalue weighted by Gasteiger charge is 1.98. The lowest BCUT2D eigenvalue weighted by Crippen LogP contribution is -1.79. The summed E-state index contributed by atoms with van der Waals surface area (Å²) >= 11 is 0. The van der Waals surface area contributed by atoms with Gasteiger partial charge >= 0.3 is 0 Å². The molecule has 0 spiro atoms. The van der Waals surface area contributed by atoms with Gasteiger partial charge < -0.3 is 5.11 Å². The van der Waals surface area contributed by atoms with Gasteiger partial charge in [-0.2, -0.15) is 0 Å². The second-order valence-corrected chi connectivity index (χ2v) is 4.07. The quantitative estimate of drug-likeness (QED) is 0.717. The summed E-state index contributed by atoms with van der Waals surface area (Å²) < 4.78 is 0. The molecule has 1 aromatic carbocycles. The molecule has 0 aliphatic heterocycles. The number of allylic oxidation sites excluding steroid dienone is 12. The van der Waals surface area contributed by atoms with Crippen molar-refractivity contribution in [3.63, 3.8) is 0 Å². The van der Waals surface area contributed by atoms with E-state index in [0.717, 1.165) is 0 Å². The van der Waals surface area contributed by atoms with Crippen molar-refractivity contribution in [2.24, 2.45) is 0 Å². The van der Waals surface area contributed by atoms with Gasteiger partial charge in [0.1, 0.15) is 5.75 Å². The van der Waals surface area contributed by atoms with Crippen LogP contribution in [0.1, 0.15) is 0 Å². The minimum atomic E-state index is 0.322. The fraction of sp³-hybridized carbons (Fsp3) is 0. The first-order valence-corrected chi connectivity index (χ1v) is 6.21. The molecule has 1 nitrogen and oxygen atoms in total. The van der Waals surface area contributed by atoms with Crippen molar-refractivity contribution < 1.29 is 5.11 Å². The summed E-state index contributed by atoms with van der Waals surface area (Å²) in [6, 6.07) is 8.71. The van der Waals surface area contributed by atoms with Crippen LogP contribution in [0.15, 0.2) is 102 Å². The van der Waals surface area contributed by atoms with Crippen LogP contribution in [0.4, 0.5) is 0 Å². The Bertz CT molecular complexity index is 545. The molecule has 2 aliphatic rings. The number of hydrogen-bond acceptors (Lipinski definition) is 1. The zero-order valence-electron chi connectivity index (χ0n) is 10.6. The molecule has 0 saturated carbocycles. The fourth-order valence-corrected chi connectivity index (χ4v) is 1.69. The molecule has 0 aromatic heterocycles. The number of rotatable bonds is 0. The molecule has 94 valence electrons. The third-order valence-corrected chi connectivity index (χ3v) is 2.64. The van der Waals surface area contributed by atoms with E-state index >= 15 is 0 Å². The van der Waals surface area contributed by atoms with Gasteiger partial charge in [0.05, 0.1) is 0 Å². The van der Waals surface area contributed by atoms with E-state index in [-0.39, 0.29) is 0 Å². The third kappa shape index (κ3) is 4.32. The fourth-order valence-electron chi connectivity index (χ4n) is 1.69. The minimum absolute atomic E-state index is 0.322. The maximum atomic E-state index is 8.63. The maximum absolute atomic E-state index is 8.63. The molecule has 0 atom stereocenters. The normalized spacial score (nSPS) is 15.4. The number of phenolic OH excluding ortho intramolecular Hbond substituents is 1. The van der Waals surface area contributed by atoms with Gasteiger partial charge in [0.15, 0.2) is 0 Å². The topological polar surface area (TPSA) is 20.2 Å². The Morgan fingerprint density at radius 1 is 0.579 bits per heavy atom. The first kappa shape index (κ1) is 12.9. The number of phenols is 1. The molecule has 0 heterocycles. The van der Waals surface area contributed by atoms with E-state index in [1.807, 2.05) is 18.2 Å². The van der Waals surface area contributed by atoms with Crippen LogP contribution in [0.25, 0.3) is 0 Å². The summed E-state index contributed by atoms with van der Waals surface area (Å²) in [5.74, 6) is 0.322. The van der Waals surface area contributed by atoms with Crippen molar-refractivity contribution >= 4 is 0 Å². The molecule has 0 radical (unpaired) electrons. The number of fused-ring (bicyclic) bond motifs is 1. The van der Waals surface area contributed by atoms with Crippen molar-refractivity contribution in [2.45, 2.75) is 0 Å². The van der Waals surface area contributed by atoms with E-state index in [0.29, 0.717) is 5.75 Å². The van der Waals surface area contributed by atoms with E-state index < -0.39 is 0 Å². The standard InChI is InChI=1S/C12H10.C6H6O/c1-3-7-11-9-5-2-6-10-12(11)8-4-1;7-6-4-2-1-3-5-6/h1-10H;1-5,7H. The summed E-state index contributed by atoms with van der Waals surface area (Å²) in [5, 5.41) is 8.63. The number of benzene rings is 1. The molecule has 0 unspecified atom stereocenters. The van der Waals surface area contributed by atoms with Crippen molar-refractivity contribution in [2.75, 3.05) is 0 Å². The largest absolute Gasteiger partial charge is 0.508 e. The maximum Gasteiger partial charge on any atom is 0.115 e. The van der Waals surface area contributed by atoms with E-state index in [2.05, 4.69) is 48.6 Å². The van der Waals surface area contributed by atoms with Gasteiger partial charge in [0, 0.05) is 0 Å². The zero-order chi connectivity index (χ0) is 13.3. The molecule has 3 rings (SSSR count). The molecule has 0 bridgehead atoms. The molecule has 19 heavy (non-hydrogen) atoms. The predicted octanol–water partition coefficient (Wildman–Crippen LogP) is 4.48. The van der Waals surface area contributed by atoms with Gasteiger partial charge in [0.25, 0.3) is 0 Å². The first-order valence-electron chi connectivity index (χ1n) is 6.21. The summed E-state index contributed by atoms with van der Waals surface area (Å²) in [6.45, 7) is 0. The second-order valence-electron chi connectivity index (χ2n) is 4.07. The van der Waals surface area contributed by atoms with Gasteiger partial charge in [-0.1, -0.05) is 79.0 Å². The Hall–Kier alpha value is -2.54. The SMILES string of the molecule is C1=CC=C2C=CC=CC=C2C=C1.Oc1ccccc1. The van der Waals surface area contributed by atoms with E-state index in [4.69, 9.17) is 5.11 Å². The van der Waals surface area contributed by atoms with Crippen LogP contribution in [0.2, 0.25) is 0 Å².